The molecule has 0 heterocycles. The second-order valence-corrected chi connectivity index (χ2v) is 3.10. The van der Waals surface area contributed by atoms with Gasteiger partial charge in [0.15, 0.2) is 0 Å². The zero-order valence-electron chi connectivity index (χ0n) is 8.41. The van der Waals surface area contributed by atoms with Gasteiger partial charge >= 0.3 is 6.03 Å². The number of carbonyl (C=O) groups is 1. The molecule has 0 fully saturated rings. The maximum absolute atomic E-state index is 13.1. The van der Waals surface area contributed by atoms with Crippen molar-refractivity contribution < 1.29 is 9.18 Å². The predicted octanol–water partition coefficient (Wildman–Crippen LogP) is 1.79. The highest BCUT2D eigenvalue weighted by Crippen LogP contribution is 2.17. The molecular formula is C10H10FN3O. The fourth-order valence-electron chi connectivity index (χ4n) is 0.969. The lowest BCUT2D eigenvalue weighted by Crippen LogP contribution is -2.27. The molecule has 5 heteroatoms. The monoisotopic (exact) mass is 207 g/mol. The van der Waals surface area contributed by atoms with Crippen LogP contribution in [0.3, 0.4) is 0 Å². The fourth-order valence-corrected chi connectivity index (χ4v) is 0.969. The molecule has 0 unspecified atom stereocenters. The number of halogens is 1. The van der Waals surface area contributed by atoms with Crippen LogP contribution in [0.5, 0.6) is 0 Å². The second-order valence-electron chi connectivity index (χ2n) is 3.10. The first kappa shape index (κ1) is 11.0. The third-order valence-electron chi connectivity index (χ3n) is 1.77. The van der Waals surface area contributed by atoms with E-state index in [2.05, 4.69) is 5.32 Å². The summed E-state index contributed by atoms with van der Waals surface area (Å²) in [6, 6.07) is 5.37. The number of carbonyl (C=O) groups excluding carboxylic acids is 1. The van der Waals surface area contributed by atoms with Crippen molar-refractivity contribution in [2.75, 3.05) is 19.4 Å². The molecule has 0 spiro atoms. The van der Waals surface area contributed by atoms with E-state index in [-0.39, 0.29) is 11.3 Å². The molecule has 78 valence electrons. The number of anilines is 1. The summed E-state index contributed by atoms with van der Waals surface area (Å²) < 4.78 is 13.1. The van der Waals surface area contributed by atoms with Gasteiger partial charge in [0.2, 0.25) is 0 Å². The minimum atomic E-state index is -0.644. The van der Waals surface area contributed by atoms with E-state index in [0.29, 0.717) is 0 Å². The molecule has 15 heavy (non-hydrogen) atoms. The van der Waals surface area contributed by atoms with Gasteiger partial charge in [0.05, 0.1) is 5.69 Å². The van der Waals surface area contributed by atoms with Crippen LogP contribution in [0.25, 0.3) is 0 Å². The van der Waals surface area contributed by atoms with Crippen molar-refractivity contribution in [1.82, 2.24) is 4.90 Å². The second kappa shape index (κ2) is 4.42. The summed E-state index contributed by atoms with van der Waals surface area (Å²) in [5, 5.41) is 11.1. The number of hydrogen-bond donors (Lipinski definition) is 1. The molecule has 0 aliphatic rings. The normalized spacial score (nSPS) is 9.20. The number of nitrogens with zero attached hydrogens (tertiary/aromatic N) is 2. The van der Waals surface area contributed by atoms with Gasteiger partial charge in [-0.15, -0.1) is 0 Å². The van der Waals surface area contributed by atoms with Crippen LogP contribution >= 0.6 is 0 Å². The van der Waals surface area contributed by atoms with Gasteiger partial charge in [-0.3, -0.25) is 0 Å². The summed E-state index contributed by atoms with van der Waals surface area (Å²) in [4.78, 5) is 12.6. The molecule has 0 bridgehead atoms. The minimum Gasteiger partial charge on any atom is -0.331 e. The molecule has 0 aliphatic carbocycles. The van der Waals surface area contributed by atoms with Crippen molar-refractivity contribution >= 4 is 11.7 Å². The lowest BCUT2D eigenvalue weighted by molar-refractivity contribution is 0.230. The molecule has 0 aliphatic heterocycles. The SMILES string of the molecule is CN(C)C(=O)Nc1cccc(F)c1C#N. The van der Waals surface area contributed by atoms with E-state index in [0.717, 1.165) is 0 Å². The van der Waals surface area contributed by atoms with Crippen molar-refractivity contribution in [2.45, 2.75) is 0 Å². The van der Waals surface area contributed by atoms with Gasteiger partial charge in [0.1, 0.15) is 17.4 Å². The highest BCUT2D eigenvalue weighted by atomic mass is 19.1. The Morgan fingerprint density at radius 1 is 1.53 bits per heavy atom. The average molecular weight is 207 g/mol. The number of rotatable bonds is 1. The Morgan fingerprint density at radius 3 is 2.73 bits per heavy atom. The van der Waals surface area contributed by atoms with Gasteiger partial charge in [0, 0.05) is 14.1 Å². The maximum atomic E-state index is 13.1. The third kappa shape index (κ3) is 2.44. The summed E-state index contributed by atoms with van der Waals surface area (Å²) in [6.07, 6.45) is 0. The van der Waals surface area contributed by atoms with Crippen LogP contribution in [-0.2, 0) is 0 Å². The molecule has 0 saturated heterocycles. The van der Waals surface area contributed by atoms with E-state index in [1.165, 1.54) is 23.1 Å². The number of nitrogens with one attached hydrogen (secondary N) is 1. The zero-order valence-corrected chi connectivity index (χ0v) is 8.41. The molecule has 0 saturated carbocycles. The topological polar surface area (TPSA) is 56.1 Å². The highest BCUT2D eigenvalue weighted by Gasteiger charge is 2.11. The van der Waals surface area contributed by atoms with E-state index in [1.807, 2.05) is 0 Å². The summed E-state index contributed by atoms with van der Waals surface area (Å²) in [6.45, 7) is 0. The quantitative estimate of drug-likeness (QED) is 0.763. The number of hydrogen-bond acceptors (Lipinski definition) is 2. The molecule has 0 aromatic heterocycles. The van der Waals surface area contributed by atoms with Crippen molar-refractivity contribution in [3.63, 3.8) is 0 Å². The smallest absolute Gasteiger partial charge is 0.321 e. The van der Waals surface area contributed by atoms with Crippen LogP contribution in [0.2, 0.25) is 0 Å². The van der Waals surface area contributed by atoms with Gasteiger partial charge in [-0.05, 0) is 12.1 Å². The van der Waals surface area contributed by atoms with Crippen LogP contribution in [0, 0.1) is 17.1 Å². The number of nitriles is 1. The first-order valence-corrected chi connectivity index (χ1v) is 4.23. The van der Waals surface area contributed by atoms with Gasteiger partial charge in [-0.25, -0.2) is 9.18 Å². The Balaban J connectivity index is 3.01. The molecule has 1 aromatic carbocycles. The largest absolute Gasteiger partial charge is 0.331 e. The van der Waals surface area contributed by atoms with E-state index in [9.17, 15) is 9.18 Å². The predicted molar refractivity (Wildman–Crippen MR) is 53.8 cm³/mol. The van der Waals surface area contributed by atoms with Crippen molar-refractivity contribution in [3.05, 3.63) is 29.6 Å². The molecular weight excluding hydrogens is 197 g/mol. The van der Waals surface area contributed by atoms with Gasteiger partial charge in [-0.2, -0.15) is 5.26 Å². The Kier molecular flexibility index (Phi) is 3.24. The third-order valence-corrected chi connectivity index (χ3v) is 1.77. The fraction of sp³-hybridized carbons (Fsp3) is 0.200. The molecule has 2 amide bonds. The number of urea groups is 1. The van der Waals surface area contributed by atoms with Gasteiger partial charge < -0.3 is 10.2 Å². The van der Waals surface area contributed by atoms with Crippen LogP contribution in [0.4, 0.5) is 14.9 Å². The van der Waals surface area contributed by atoms with Gasteiger partial charge in [0.25, 0.3) is 0 Å². The Morgan fingerprint density at radius 2 is 2.20 bits per heavy atom. The van der Waals surface area contributed by atoms with Crippen molar-refractivity contribution in [1.29, 1.82) is 5.26 Å². The molecule has 1 N–H and O–H groups in total. The van der Waals surface area contributed by atoms with E-state index >= 15 is 0 Å². The lowest BCUT2D eigenvalue weighted by Gasteiger charge is -2.12. The van der Waals surface area contributed by atoms with Crippen LogP contribution in [0.1, 0.15) is 5.56 Å². The Bertz CT molecular complexity index is 423. The van der Waals surface area contributed by atoms with Crippen LogP contribution in [-0.4, -0.2) is 25.0 Å². The number of amides is 2. The first-order chi connectivity index (χ1) is 7.06. The molecule has 0 radical (unpaired) electrons. The summed E-state index contributed by atoms with van der Waals surface area (Å²) >= 11 is 0. The molecule has 1 rings (SSSR count). The average Bonchev–Trinajstić information content (AvgIpc) is 2.18. The van der Waals surface area contributed by atoms with Crippen LogP contribution < -0.4 is 5.32 Å². The maximum Gasteiger partial charge on any atom is 0.321 e. The van der Waals surface area contributed by atoms with Crippen molar-refractivity contribution in [3.8, 4) is 6.07 Å². The summed E-state index contributed by atoms with van der Waals surface area (Å²) in [5.74, 6) is -0.644. The first-order valence-electron chi connectivity index (χ1n) is 4.23. The molecule has 1 aromatic rings. The van der Waals surface area contributed by atoms with E-state index in [4.69, 9.17) is 5.26 Å². The Labute approximate surface area is 86.9 Å². The standard InChI is InChI=1S/C10H10FN3O/c1-14(2)10(15)13-9-5-3-4-8(11)7(9)6-12/h3-5H,1-2H3,(H,13,15). The van der Waals surface area contributed by atoms with E-state index < -0.39 is 11.8 Å². The van der Waals surface area contributed by atoms with Gasteiger partial charge in [-0.1, -0.05) is 6.07 Å². The Hall–Kier alpha value is -2.09. The van der Waals surface area contributed by atoms with E-state index in [1.54, 1.807) is 20.2 Å². The highest BCUT2D eigenvalue weighted by molar-refractivity contribution is 5.90. The lowest BCUT2D eigenvalue weighted by atomic mass is 10.2. The minimum absolute atomic E-state index is 0.160. The summed E-state index contributed by atoms with van der Waals surface area (Å²) in [7, 11) is 3.11. The summed E-state index contributed by atoms with van der Waals surface area (Å²) in [5.41, 5.74) is 0.0175. The van der Waals surface area contributed by atoms with Crippen LogP contribution in [0.15, 0.2) is 18.2 Å². The number of benzene rings is 1. The molecule has 0 atom stereocenters. The zero-order chi connectivity index (χ0) is 11.4. The molecule has 4 nitrogen and oxygen atoms in total. The van der Waals surface area contributed by atoms with Crippen molar-refractivity contribution in [2.24, 2.45) is 0 Å².